The Morgan fingerprint density at radius 3 is 2.57 bits per heavy atom. The minimum absolute atomic E-state index is 0.0766. The number of benzene rings is 1. The van der Waals surface area contributed by atoms with Gasteiger partial charge in [0.1, 0.15) is 11.4 Å². The van der Waals surface area contributed by atoms with Crippen LogP contribution in [0.15, 0.2) is 42.6 Å². The second-order valence-electron chi connectivity index (χ2n) is 7.09. The van der Waals surface area contributed by atoms with Crippen molar-refractivity contribution in [2.24, 2.45) is 0 Å². The van der Waals surface area contributed by atoms with E-state index in [4.69, 9.17) is 4.74 Å². The molecule has 6 heteroatoms. The molecule has 0 spiro atoms. The number of hydrogen-bond acceptors (Lipinski definition) is 4. The molecule has 1 aromatic carbocycles. The third-order valence-corrected chi connectivity index (χ3v) is 5.53. The number of amides is 1. The molecule has 0 aliphatic carbocycles. The molecule has 0 unspecified atom stereocenters. The molecule has 0 atom stereocenters. The molecule has 0 saturated carbocycles. The van der Waals surface area contributed by atoms with Crippen molar-refractivity contribution in [2.45, 2.75) is 20.3 Å². The number of piperazine rings is 1. The zero-order valence-electron chi connectivity index (χ0n) is 16.7. The van der Waals surface area contributed by atoms with Crippen LogP contribution in [0.3, 0.4) is 0 Å². The van der Waals surface area contributed by atoms with Gasteiger partial charge in [-0.05, 0) is 37.6 Å². The summed E-state index contributed by atoms with van der Waals surface area (Å²) in [4.78, 5) is 21.9. The monoisotopic (exact) mass is 378 g/mol. The average Bonchev–Trinajstić information content (AvgIpc) is 3.08. The summed E-state index contributed by atoms with van der Waals surface area (Å²) in [6.07, 6.45) is 2.81. The molecular weight excluding hydrogens is 352 g/mol. The third kappa shape index (κ3) is 3.19. The summed E-state index contributed by atoms with van der Waals surface area (Å²) >= 11 is 0. The molecule has 1 saturated heterocycles. The van der Waals surface area contributed by atoms with E-state index in [0.717, 1.165) is 48.0 Å². The highest BCUT2D eigenvalue weighted by molar-refractivity contribution is 5.94. The zero-order chi connectivity index (χ0) is 19.7. The van der Waals surface area contributed by atoms with Crippen molar-refractivity contribution >= 4 is 17.2 Å². The fourth-order valence-electron chi connectivity index (χ4n) is 3.90. The van der Waals surface area contributed by atoms with Gasteiger partial charge < -0.3 is 18.9 Å². The number of fused-ring (bicyclic) bond motifs is 1. The van der Waals surface area contributed by atoms with E-state index in [9.17, 15) is 4.79 Å². The van der Waals surface area contributed by atoms with Gasteiger partial charge in [-0.25, -0.2) is 4.98 Å². The molecule has 1 fully saturated rings. The standard InChI is InChI=1S/C22H26N4O2/c1-4-18-16(2)26-15-17(9-10-21(26)23-18)22(27)25-13-11-24(12-14-25)19-7-5-6-8-20(19)28-3/h5-10,15H,4,11-14H2,1-3H3. The van der Waals surface area contributed by atoms with Gasteiger partial charge in [0.15, 0.2) is 0 Å². The zero-order valence-corrected chi connectivity index (χ0v) is 16.7. The Balaban J connectivity index is 1.49. The van der Waals surface area contributed by atoms with Crippen molar-refractivity contribution in [3.63, 3.8) is 0 Å². The van der Waals surface area contributed by atoms with Crippen LogP contribution >= 0.6 is 0 Å². The van der Waals surface area contributed by atoms with Crippen molar-refractivity contribution in [3.05, 3.63) is 59.5 Å². The molecule has 3 aromatic rings. The van der Waals surface area contributed by atoms with Gasteiger partial charge in [0.05, 0.1) is 24.1 Å². The molecule has 28 heavy (non-hydrogen) atoms. The average molecular weight is 378 g/mol. The first-order chi connectivity index (χ1) is 13.6. The Kier molecular flexibility index (Phi) is 4.94. The van der Waals surface area contributed by atoms with Crippen molar-refractivity contribution < 1.29 is 9.53 Å². The predicted molar refractivity (Wildman–Crippen MR) is 110 cm³/mol. The van der Waals surface area contributed by atoms with Gasteiger partial charge in [0.25, 0.3) is 5.91 Å². The molecular formula is C22H26N4O2. The Bertz CT molecular complexity index is 1000. The number of anilines is 1. The van der Waals surface area contributed by atoms with E-state index >= 15 is 0 Å². The lowest BCUT2D eigenvalue weighted by Gasteiger charge is -2.36. The number of aryl methyl sites for hydroxylation is 2. The van der Waals surface area contributed by atoms with Gasteiger partial charge in [0, 0.05) is 38.1 Å². The van der Waals surface area contributed by atoms with E-state index < -0.39 is 0 Å². The molecule has 2 aromatic heterocycles. The summed E-state index contributed by atoms with van der Waals surface area (Å²) < 4.78 is 7.50. The first kappa shape index (κ1) is 18.3. The summed E-state index contributed by atoms with van der Waals surface area (Å²) in [6, 6.07) is 11.8. The second kappa shape index (κ2) is 7.54. The van der Waals surface area contributed by atoms with E-state index in [1.54, 1.807) is 7.11 Å². The van der Waals surface area contributed by atoms with Crippen LogP contribution in [0.1, 0.15) is 28.7 Å². The van der Waals surface area contributed by atoms with Gasteiger partial charge in [-0.1, -0.05) is 19.1 Å². The molecule has 0 radical (unpaired) electrons. The van der Waals surface area contributed by atoms with Crippen LogP contribution in [0.4, 0.5) is 5.69 Å². The van der Waals surface area contributed by atoms with Crippen LogP contribution in [-0.2, 0) is 6.42 Å². The topological polar surface area (TPSA) is 50.1 Å². The van der Waals surface area contributed by atoms with Crippen LogP contribution < -0.4 is 9.64 Å². The summed E-state index contributed by atoms with van der Waals surface area (Å²) in [5, 5.41) is 0. The summed E-state index contributed by atoms with van der Waals surface area (Å²) in [7, 11) is 1.69. The number of carbonyl (C=O) groups excluding carboxylic acids is 1. The van der Waals surface area contributed by atoms with Gasteiger partial charge in [-0.2, -0.15) is 0 Å². The van der Waals surface area contributed by atoms with Crippen molar-refractivity contribution in [3.8, 4) is 5.75 Å². The number of aromatic nitrogens is 2. The fourth-order valence-corrected chi connectivity index (χ4v) is 3.90. The van der Waals surface area contributed by atoms with Crippen LogP contribution in [0.5, 0.6) is 5.75 Å². The molecule has 1 aliphatic heterocycles. The largest absolute Gasteiger partial charge is 0.495 e. The van der Waals surface area contributed by atoms with Crippen LogP contribution in [0.25, 0.3) is 5.65 Å². The molecule has 1 amide bonds. The highest BCUT2D eigenvalue weighted by Crippen LogP contribution is 2.28. The van der Waals surface area contributed by atoms with Gasteiger partial charge in [-0.3, -0.25) is 4.79 Å². The first-order valence-electron chi connectivity index (χ1n) is 9.77. The Labute approximate surface area is 165 Å². The molecule has 6 nitrogen and oxygen atoms in total. The third-order valence-electron chi connectivity index (χ3n) is 5.53. The van der Waals surface area contributed by atoms with Gasteiger partial charge >= 0.3 is 0 Å². The highest BCUT2D eigenvalue weighted by Gasteiger charge is 2.24. The maximum Gasteiger partial charge on any atom is 0.255 e. The number of pyridine rings is 1. The lowest BCUT2D eigenvalue weighted by Crippen LogP contribution is -2.48. The predicted octanol–water partition coefficient (Wildman–Crippen LogP) is 3.18. The molecule has 0 N–H and O–H groups in total. The number of carbonyl (C=O) groups is 1. The van der Waals surface area contributed by atoms with Crippen LogP contribution in [0.2, 0.25) is 0 Å². The Hall–Kier alpha value is -3.02. The van der Waals surface area contributed by atoms with Crippen molar-refractivity contribution in [2.75, 3.05) is 38.2 Å². The van der Waals surface area contributed by atoms with Crippen LogP contribution in [-0.4, -0.2) is 53.5 Å². The van der Waals surface area contributed by atoms with E-state index in [1.165, 1.54) is 0 Å². The number of imidazole rings is 1. The number of nitrogens with zero attached hydrogens (tertiary/aromatic N) is 4. The lowest BCUT2D eigenvalue weighted by molar-refractivity contribution is 0.0746. The van der Waals surface area contributed by atoms with Crippen LogP contribution in [0, 0.1) is 6.92 Å². The number of ether oxygens (including phenoxy) is 1. The second-order valence-corrected chi connectivity index (χ2v) is 7.09. The highest BCUT2D eigenvalue weighted by atomic mass is 16.5. The molecule has 1 aliphatic rings. The Morgan fingerprint density at radius 1 is 1.11 bits per heavy atom. The number of rotatable bonds is 4. The van der Waals surface area contributed by atoms with Crippen molar-refractivity contribution in [1.82, 2.24) is 14.3 Å². The fraction of sp³-hybridized carbons (Fsp3) is 0.364. The molecule has 146 valence electrons. The normalized spacial score (nSPS) is 14.5. The smallest absolute Gasteiger partial charge is 0.255 e. The molecule has 0 bridgehead atoms. The first-order valence-corrected chi connectivity index (χ1v) is 9.77. The van der Waals surface area contributed by atoms with E-state index in [2.05, 4.69) is 29.8 Å². The van der Waals surface area contributed by atoms with E-state index in [1.807, 2.05) is 45.8 Å². The maximum atomic E-state index is 13.0. The van der Waals surface area contributed by atoms with E-state index in [0.29, 0.717) is 18.7 Å². The molecule has 3 heterocycles. The summed E-state index contributed by atoms with van der Waals surface area (Å²) in [5.41, 5.74) is 4.87. The van der Waals surface area contributed by atoms with Gasteiger partial charge in [0.2, 0.25) is 0 Å². The van der Waals surface area contributed by atoms with E-state index in [-0.39, 0.29) is 5.91 Å². The maximum absolute atomic E-state index is 13.0. The molecule has 4 rings (SSSR count). The quantitative estimate of drug-likeness (QED) is 0.700. The number of hydrogen-bond donors (Lipinski definition) is 0. The van der Waals surface area contributed by atoms with Crippen molar-refractivity contribution in [1.29, 1.82) is 0 Å². The lowest BCUT2D eigenvalue weighted by atomic mass is 10.2. The summed E-state index contributed by atoms with van der Waals surface area (Å²) in [6.45, 7) is 7.12. The number of para-hydroxylation sites is 2. The SMILES string of the molecule is CCc1nc2ccc(C(=O)N3CCN(c4ccccc4OC)CC3)cn2c1C. The Morgan fingerprint density at radius 2 is 1.86 bits per heavy atom. The minimum atomic E-state index is 0.0766. The number of methoxy groups -OCH3 is 1. The van der Waals surface area contributed by atoms with Gasteiger partial charge in [-0.15, -0.1) is 0 Å². The summed E-state index contributed by atoms with van der Waals surface area (Å²) in [5.74, 6) is 0.947. The minimum Gasteiger partial charge on any atom is -0.495 e.